The number of carbonyl (C=O) groups is 2. The van der Waals surface area contributed by atoms with Crippen LogP contribution in [0.1, 0.15) is 77.6 Å². The number of aliphatic hydroxyl groups is 2. The minimum Gasteiger partial charge on any atom is -0.481 e. The average Bonchev–Trinajstić information content (AvgIpc) is 2.94. The van der Waals surface area contributed by atoms with Crippen molar-refractivity contribution in [2.24, 2.45) is 11.8 Å². The smallest absolute Gasteiger partial charge is 0.303 e. The van der Waals surface area contributed by atoms with Crippen LogP contribution in [0.3, 0.4) is 0 Å². The molecule has 1 aliphatic rings. The quantitative estimate of drug-likeness (QED) is 0.273. The van der Waals surface area contributed by atoms with Crippen molar-refractivity contribution in [2.75, 3.05) is 0 Å². The monoisotopic (exact) mass is 406 g/mol. The van der Waals surface area contributed by atoms with E-state index >= 15 is 0 Å². The molecule has 0 radical (unpaired) electrons. The molecule has 1 rings (SSSR count). The van der Waals surface area contributed by atoms with Crippen molar-refractivity contribution >= 4 is 11.8 Å². The molecule has 0 saturated heterocycles. The van der Waals surface area contributed by atoms with Crippen LogP contribution in [0.2, 0.25) is 0 Å². The van der Waals surface area contributed by atoms with Crippen molar-refractivity contribution in [3.05, 3.63) is 37.0 Å². The topological polar surface area (TPSA) is 94.8 Å². The highest BCUT2D eigenvalue weighted by Gasteiger charge is 2.39. The number of ketones is 1. The number of aliphatic carboxylic acids is 1. The first-order valence-electron chi connectivity index (χ1n) is 10.9. The van der Waals surface area contributed by atoms with Gasteiger partial charge >= 0.3 is 5.97 Å². The van der Waals surface area contributed by atoms with Crippen molar-refractivity contribution in [1.82, 2.24) is 0 Å². The largest absolute Gasteiger partial charge is 0.481 e. The van der Waals surface area contributed by atoms with E-state index in [9.17, 15) is 19.8 Å². The first-order valence-corrected chi connectivity index (χ1v) is 10.9. The standard InChI is InChI=1S/C24H38O5/c1-3-5-6-11-16-24(29,4-2)17-12-14-20-19(21(25)18-22(20)26)13-9-7-8-10-15-23(27)28/h4,7,9,12,14,19-21,25,29H,2-3,5-6,8,10-11,13,15-18H2,1H3,(H,27,28)/t19-,20-,21+,24?/m1/s1. The maximum Gasteiger partial charge on any atom is 0.303 e. The van der Waals surface area contributed by atoms with Crippen LogP contribution >= 0.6 is 0 Å². The van der Waals surface area contributed by atoms with Crippen LogP contribution < -0.4 is 0 Å². The Morgan fingerprint density at radius 3 is 2.62 bits per heavy atom. The Labute approximate surface area is 175 Å². The van der Waals surface area contributed by atoms with E-state index in [0.717, 1.165) is 25.7 Å². The van der Waals surface area contributed by atoms with E-state index in [4.69, 9.17) is 5.11 Å². The predicted octanol–water partition coefficient (Wildman–Crippen LogP) is 4.59. The van der Waals surface area contributed by atoms with Crippen LogP contribution in [0, 0.1) is 11.8 Å². The minimum absolute atomic E-state index is 0.0307. The molecular weight excluding hydrogens is 368 g/mol. The molecular formula is C24H38O5. The van der Waals surface area contributed by atoms with Crippen LogP contribution in [0.15, 0.2) is 37.0 Å². The number of hydrogen-bond donors (Lipinski definition) is 3. The van der Waals surface area contributed by atoms with E-state index in [2.05, 4.69) is 13.5 Å². The average molecular weight is 407 g/mol. The molecule has 3 N–H and O–H groups in total. The molecule has 0 spiro atoms. The van der Waals surface area contributed by atoms with Gasteiger partial charge in [-0.2, -0.15) is 0 Å². The third-order valence-electron chi connectivity index (χ3n) is 5.73. The number of aliphatic hydroxyl groups excluding tert-OH is 1. The zero-order valence-electron chi connectivity index (χ0n) is 17.8. The lowest BCUT2D eigenvalue weighted by Gasteiger charge is -2.23. The molecule has 1 aliphatic carbocycles. The first kappa shape index (κ1) is 25.3. The van der Waals surface area contributed by atoms with Gasteiger partial charge in [-0.05, 0) is 32.1 Å². The highest BCUT2D eigenvalue weighted by molar-refractivity contribution is 5.86. The molecule has 164 valence electrons. The van der Waals surface area contributed by atoms with Gasteiger partial charge in [0.25, 0.3) is 0 Å². The van der Waals surface area contributed by atoms with Crippen molar-refractivity contribution < 1.29 is 24.9 Å². The van der Waals surface area contributed by atoms with Gasteiger partial charge < -0.3 is 15.3 Å². The van der Waals surface area contributed by atoms with Crippen molar-refractivity contribution in [3.8, 4) is 0 Å². The lowest BCUT2D eigenvalue weighted by atomic mass is 9.88. The third-order valence-corrected chi connectivity index (χ3v) is 5.73. The number of Topliss-reactive ketones (excluding diaryl/α,β-unsaturated/α-hetero) is 1. The van der Waals surface area contributed by atoms with E-state index in [1.807, 2.05) is 24.3 Å². The van der Waals surface area contributed by atoms with E-state index in [0.29, 0.717) is 32.1 Å². The van der Waals surface area contributed by atoms with Gasteiger partial charge in [0.15, 0.2) is 0 Å². The van der Waals surface area contributed by atoms with Gasteiger partial charge in [-0.25, -0.2) is 0 Å². The summed E-state index contributed by atoms with van der Waals surface area (Å²) in [5.41, 5.74) is -0.954. The Kier molecular flexibility index (Phi) is 11.8. The van der Waals surface area contributed by atoms with Crippen molar-refractivity contribution in [3.63, 3.8) is 0 Å². The molecule has 1 fully saturated rings. The fourth-order valence-corrected chi connectivity index (χ4v) is 3.83. The molecule has 5 heteroatoms. The maximum absolute atomic E-state index is 12.3. The number of allylic oxidation sites excluding steroid dienone is 3. The van der Waals surface area contributed by atoms with Crippen molar-refractivity contribution in [1.29, 1.82) is 0 Å². The summed E-state index contributed by atoms with van der Waals surface area (Å²) in [7, 11) is 0. The molecule has 0 heterocycles. The molecule has 0 aliphatic heterocycles. The Bertz CT molecular complexity index is 580. The lowest BCUT2D eigenvalue weighted by Crippen LogP contribution is -2.25. The summed E-state index contributed by atoms with van der Waals surface area (Å²) >= 11 is 0. The number of unbranched alkanes of at least 4 members (excludes halogenated alkanes) is 4. The third kappa shape index (κ3) is 9.55. The normalized spacial score (nSPS) is 24.4. The Balaban J connectivity index is 2.56. The summed E-state index contributed by atoms with van der Waals surface area (Å²) in [4.78, 5) is 22.8. The molecule has 1 saturated carbocycles. The van der Waals surface area contributed by atoms with E-state index < -0.39 is 17.7 Å². The Morgan fingerprint density at radius 2 is 1.97 bits per heavy atom. The zero-order valence-corrected chi connectivity index (χ0v) is 17.8. The Hall–Kier alpha value is -1.72. The molecule has 29 heavy (non-hydrogen) atoms. The van der Waals surface area contributed by atoms with Crippen LogP contribution in [-0.4, -0.2) is 38.8 Å². The van der Waals surface area contributed by atoms with E-state index in [1.54, 1.807) is 6.08 Å². The minimum atomic E-state index is -0.954. The van der Waals surface area contributed by atoms with Crippen LogP contribution in [-0.2, 0) is 9.59 Å². The lowest BCUT2D eigenvalue weighted by molar-refractivity contribution is -0.137. The maximum atomic E-state index is 12.3. The van der Waals surface area contributed by atoms with Crippen molar-refractivity contribution in [2.45, 2.75) is 89.3 Å². The number of carboxylic acids is 1. The Morgan fingerprint density at radius 1 is 1.21 bits per heavy atom. The van der Waals surface area contributed by atoms with Crippen LogP contribution in [0.4, 0.5) is 0 Å². The second-order valence-corrected chi connectivity index (χ2v) is 8.17. The van der Waals surface area contributed by atoms with E-state index in [1.165, 1.54) is 0 Å². The van der Waals surface area contributed by atoms with Gasteiger partial charge in [0.1, 0.15) is 5.78 Å². The SMILES string of the molecule is C=CC(O)(CC=C[C@H]1C(=O)C[C@H](O)[C@@H]1CC=CCCCC(=O)O)CCCCCC. The van der Waals surface area contributed by atoms with Gasteiger partial charge in [-0.15, -0.1) is 6.58 Å². The molecule has 5 nitrogen and oxygen atoms in total. The van der Waals surface area contributed by atoms with E-state index in [-0.39, 0.29) is 30.5 Å². The highest BCUT2D eigenvalue weighted by atomic mass is 16.4. The van der Waals surface area contributed by atoms with Crippen LogP contribution in [0.25, 0.3) is 0 Å². The summed E-state index contributed by atoms with van der Waals surface area (Å²) in [5, 5.41) is 29.6. The fraction of sp³-hybridized carbons (Fsp3) is 0.667. The molecule has 4 atom stereocenters. The fourth-order valence-electron chi connectivity index (χ4n) is 3.83. The molecule has 0 aromatic heterocycles. The summed E-state index contributed by atoms with van der Waals surface area (Å²) in [6.07, 6.45) is 16.0. The van der Waals surface area contributed by atoms with Gasteiger partial charge in [0.05, 0.1) is 11.7 Å². The number of hydrogen-bond acceptors (Lipinski definition) is 4. The first-order chi connectivity index (χ1) is 13.8. The van der Waals surface area contributed by atoms with Gasteiger partial charge in [0.2, 0.25) is 0 Å². The number of carbonyl (C=O) groups excluding carboxylic acids is 1. The summed E-state index contributed by atoms with van der Waals surface area (Å²) in [5.74, 6) is -1.29. The molecule has 0 aromatic rings. The van der Waals surface area contributed by atoms with Gasteiger partial charge in [0, 0.05) is 24.7 Å². The van der Waals surface area contributed by atoms with Gasteiger partial charge in [-0.1, -0.05) is 63.0 Å². The highest BCUT2D eigenvalue weighted by Crippen LogP contribution is 2.34. The number of carboxylic acid groups (broad SMARTS) is 1. The summed E-state index contributed by atoms with van der Waals surface area (Å²) < 4.78 is 0. The second-order valence-electron chi connectivity index (χ2n) is 8.17. The molecule has 0 amide bonds. The summed E-state index contributed by atoms with van der Waals surface area (Å²) in [6.45, 7) is 5.91. The van der Waals surface area contributed by atoms with Gasteiger partial charge in [-0.3, -0.25) is 9.59 Å². The molecule has 1 unspecified atom stereocenters. The van der Waals surface area contributed by atoms with Crippen LogP contribution in [0.5, 0.6) is 0 Å². The number of rotatable bonds is 15. The molecule has 0 bridgehead atoms. The second kappa shape index (κ2) is 13.5. The zero-order chi connectivity index (χ0) is 21.7. The predicted molar refractivity (Wildman–Crippen MR) is 116 cm³/mol. The summed E-state index contributed by atoms with van der Waals surface area (Å²) in [6, 6.07) is 0. The molecule has 0 aromatic carbocycles.